The van der Waals surface area contributed by atoms with E-state index in [2.05, 4.69) is 15.4 Å². The lowest BCUT2D eigenvalue weighted by atomic mass is 10.2. The van der Waals surface area contributed by atoms with Crippen molar-refractivity contribution in [2.75, 3.05) is 6.54 Å². The number of nitrogens with one attached hydrogen (secondary N) is 1. The monoisotopic (exact) mass is 303 g/mol. The van der Waals surface area contributed by atoms with Gasteiger partial charge in [0.1, 0.15) is 18.9 Å². The lowest BCUT2D eigenvalue weighted by Gasteiger charge is -2.07. The third-order valence-electron chi connectivity index (χ3n) is 2.31. The summed E-state index contributed by atoms with van der Waals surface area (Å²) in [5.74, 6) is -1.33. The highest BCUT2D eigenvalue weighted by molar-refractivity contribution is 5.75. The minimum atomic E-state index is -4.49. The van der Waals surface area contributed by atoms with Crippen molar-refractivity contribution >= 4 is 5.91 Å². The van der Waals surface area contributed by atoms with E-state index in [1.165, 1.54) is 24.3 Å². The van der Waals surface area contributed by atoms with E-state index in [1.54, 1.807) is 5.32 Å². The second kappa shape index (κ2) is 5.85. The van der Waals surface area contributed by atoms with Crippen LogP contribution in [-0.4, -0.2) is 38.8 Å². The van der Waals surface area contributed by atoms with Gasteiger partial charge in [0, 0.05) is 5.56 Å². The van der Waals surface area contributed by atoms with Gasteiger partial charge in [0.2, 0.25) is 11.7 Å². The van der Waals surface area contributed by atoms with Crippen molar-refractivity contribution in [1.82, 2.24) is 25.5 Å². The number of nitrogens with zero attached hydrogens (tertiary/aromatic N) is 4. The lowest BCUT2D eigenvalue weighted by molar-refractivity contribution is -0.139. The Labute approximate surface area is 115 Å². The molecule has 0 fully saturated rings. The largest absolute Gasteiger partial charge is 0.405 e. The molecule has 1 heterocycles. The number of tetrazole rings is 1. The zero-order valence-electron chi connectivity index (χ0n) is 10.4. The van der Waals surface area contributed by atoms with Gasteiger partial charge in [-0.25, -0.2) is 4.39 Å². The first-order chi connectivity index (χ1) is 9.83. The van der Waals surface area contributed by atoms with Gasteiger partial charge in [-0.15, -0.1) is 10.2 Å². The second-order valence-corrected chi connectivity index (χ2v) is 4.05. The summed E-state index contributed by atoms with van der Waals surface area (Å²) in [7, 11) is 0. The van der Waals surface area contributed by atoms with Crippen LogP contribution in [0, 0.1) is 5.82 Å². The van der Waals surface area contributed by atoms with Gasteiger partial charge in [-0.2, -0.15) is 18.0 Å². The molecular formula is C11H9F4N5O. The van der Waals surface area contributed by atoms with Crippen LogP contribution in [0.2, 0.25) is 0 Å². The van der Waals surface area contributed by atoms with Crippen molar-refractivity contribution in [3.63, 3.8) is 0 Å². The molecule has 0 saturated heterocycles. The summed E-state index contributed by atoms with van der Waals surface area (Å²) in [6.45, 7) is -1.95. The van der Waals surface area contributed by atoms with Crippen LogP contribution in [-0.2, 0) is 11.3 Å². The molecule has 2 rings (SSSR count). The van der Waals surface area contributed by atoms with Crippen LogP contribution < -0.4 is 5.32 Å². The number of rotatable bonds is 4. The quantitative estimate of drug-likeness (QED) is 0.860. The van der Waals surface area contributed by atoms with E-state index in [0.29, 0.717) is 5.56 Å². The molecule has 0 aliphatic rings. The van der Waals surface area contributed by atoms with Crippen LogP contribution >= 0.6 is 0 Å². The van der Waals surface area contributed by atoms with E-state index < -0.39 is 31.0 Å². The van der Waals surface area contributed by atoms with E-state index in [4.69, 9.17) is 0 Å². The minimum Gasteiger partial charge on any atom is -0.345 e. The molecule has 1 aromatic heterocycles. The molecule has 0 aliphatic carbocycles. The van der Waals surface area contributed by atoms with E-state index in [-0.39, 0.29) is 5.82 Å². The number of halogens is 4. The maximum Gasteiger partial charge on any atom is 0.405 e. The highest BCUT2D eigenvalue weighted by Crippen LogP contribution is 2.14. The fraction of sp³-hybridized carbons (Fsp3) is 0.273. The maximum atomic E-state index is 13.0. The summed E-state index contributed by atoms with van der Waals surface area (Å²) < 4.78 is 48.8. The van der Waals surface area contributed by atoms with E-state index >= 15 is 0 Å². The Bertz CT molecular complexity index is 640. The molecule has 0 aliphatic heterocycles. The number of hydrogen-bond acceptors (Lipinski definition) is 4. The molecule has 1 amide bonds. The Morgan fingerprint density at radius 2 is 2.10 bits per heavy atom. The van der Waals surface area contributed by atoms with Crippen LogP contribution in [0.15, 0.2) is 24.3 Å². The number of hydrogen-bond donors (Lipinski definition) is 1. The van der Waals surface area contributed by atoms with Crippen LogP contribution in [0.4, 0.5) is 17.6 Å². The normalized spacial score (nSPS) is 11.4. The third-order valence-corrected chi connectivity index (χ3v) is 2.31. The SMILES string of the molecule is O=C(Cn1nnc(-c2cccc(F)c2)n1)NCC(F)(F)F. The van der Waals surface area contributed by atoms with E-state index in [1.807, 2.05) is 0 Å². The van der Waals surface area contributed by atoms with Gasteiger partial charge in [-0.3, -0.25) is 4.79 Å². The smallest absolute Gasteiger partial charge is 0.345 e. The summed E-state index contributed by atoms with van der Waals surface area (Å²) >= 11 is 0. The fourth-order valence-electron chi connectivity index (χ4n) is 1.44. The van der Waals surface area contributed by atoms with Crippen molar-refractivity contribution in [3.05, 3.63) is 30.1 Å². The number of carbonyl (C=O) groups excluding carboxylic acids is 1. The molecule has 10 heteroatoms. The molecule has 21 heavy (non-hydrogen) atoms. The Balaban J connectivity index is 1.99. The second-order valence-electron chi connectivity index (χ2n) is 4.05. The number of alkyl halides is 3. The Morgan fingerprint density at radius 1 is 1.33 bits per heavy atom. The molecule has 112 valence electrons. The Morgan fingerprint density at radius 3 is 2.76 bits per heavy atom. The molecule has 0 bridgehead atoms. The van der Waals surface area contributed by atoms with Crippen LogP contribution in [0.1, 0.15) is 0 Å². The molecule has 2 aromatic rings. The summed E-state index contributed by atoms with van der Waals surface area (Å²) in [6.07, 6.45) is -4.49. The summed E-state index contributed by atoms with van der Waals surface area (Å²) in [4.78, 5) is 12.1. The van der Waals surface area contributed by atoms with Crippen molar-refractivity contribution < 1.29 is 22.4 Å². The van der Waals surface area contributed by atoms with Gasteiger partial charge in [-0.05, 0) is 17.3 Å². The number of benzene rings is 1. The van der Waals surface area contributed by atoms with Crippen molar-refractivity contribution in [1.29, 1.82) is 0 Å². The molecule has 0 radical (unpaired) electrons. The van der Waals surface area contributed by atoms with Crippen LogP contribution in [0.25, 0.3) is 11.4 Å². The van der Waals surface area contributed by atoms with E-state index in [0.717, 1.165) is 4.80 Å². The summed E-state index contributed by atoms with van der Waals surface area (Å²) in [5, 5.41) is 12.6. The highest BCUT2D eigenvalue weighted by Gasteiger charge is 2.27. The lowest BCUT2D eigenvalue weighted by Crippen LogP contribution is -2.36. The van der Waals surface area contributed by atoms with Crippen molar-refractivity contribution in [2.45, 2.75) is 12.7 Å². The first kappa shape index (κ1) is 14.9. The highest BCUT2D eigenvalue weighted by atomic mass is 19.4. The molecule has 0 spiro atoms. The zero-order valence-corrected chi connectivity index (χ0v) is 10.4. The van der Waals surface area contributed by atoms with Gasteiger partial charge in [0.05, 0.1) is 0 Å². The molecule has 0 saturated carbocycles. The van der Waals surface area contributed by atoms with Gasteiger partial charge in [0.25, 0.3) is 0 Å². The van der Waals surface area contributed by atoms with Crippen molar-refractivity contribution in [3.8, 4) is 11.4 Å². The Kier molecular flexibility index (Phi) is 4.15. The molecule has 1 N–H and O–H groups in total. The molecular weight excluding hydrogens is 294 g/mol. The standard InChI is InChI=1S/C11H9F4N5O/c12-8-3-1-2-7(4-8)10-17-19-20(18-10)5-9(21)16-6-11(13,14)15/h1-4H,5-6H2,(H,16,21). The summed E-state index contributed by atoms with van der Waals surface area (Å²) in [6, 6.07) is 5.39. The molecule has 0 unspecified atom stereocenters. The third kappa shape index (κ3) is 4.51. The van der Waals surface area contributed by atoms with Crippen molar-refractivity contribution in [2.24, 2.45) is 0 Å². The topological polar surface area (TPSA) is 72.7 Å². The van der Waals surface area contributed by atoms with Gasteiger partial charge in [0.15, 0.2) is 0 Å². The Hall–Kier alpha value is -2.52. The zero-order chi connectivity index (χ0) is 15.5. The molecule has 1 aromatic carbocycles. The molecule has 6 nitrogen and oxygen atoms in total. The fourth-order valence-corrected chi connectivity index (χ4v) is 1.44. The van der Waals surface area contributed by atoms with Crippen LogP contribution in [0.5, 0.6) is 0 Å². The van der Waals surface area contributed by atoms with Gasteiger partial charge in [-0.1, -0.05) is 12.1 Å². The average Bonchev–Trinajstić information content (AvgIpc) is 2.84. The first-order valence-electron chi connectivity index (χ1n) is 5.71. The minimum absolute atomic E-state index is 0.0677. The average molecular weight is 303 g/mol. The predicted molar refractivity (Wildman–Crippen MR) is 62.3 cm³/mol. The number of carbonyl (C=O) groups is 1. The summed E-state index contributed by atoms with van der Waals surface area (Å²) in [5.41, 5.74) is 0.344. The number of amides is 1. The molecule has 0 atom stereocenters. The van der Waals surface area contributed by atoms with Gasteiger partial charge >= 0.3 is 6.18 Å². The first-order valence-corrected chi connectivity index (χ1v) is 5.71. The van der Waals surface area contributed by atoms with Gasteiger partial charge < -0.3 is 5.32 Å². The van der Waals surface area contributed by atoms with Crippen LogP contribution in [0.3, 0.4) is 0 Å². The predicted octanol–water partition coefficient (Wildman–Crippen LogP) is 1.16. The maximum absolute atomic E-state index is 13.0. The number of aromatic nitrogens is 4. The van der Waals surface area contributed by atoms with E-state index in [9.17, 15) is 22.4 Å².